The Labute approximate surface area is 234 Å². The van der Waals surface area contributed by atoms with Gasteiger partial charge in [-0.3, -0.25) is 24.0 Å². The van der Waals surface area contributed by atoms with Crippen LogP contribution in [0.25, 0.3) is 0 Å². The maximum absolute atomic E-state index is 14.0. The van der Waals surface area contributed by atoms with E-state index < -0.39 is 33.4 Å². The number of nitro groups is 1. The van der Waals surface area contributed by atoms with Crippen molar-refractivity contribution in [3.63, 3.8) is 0 Å². The lowest BCUT2D eigenvalue weighted by atomic mass is 10.1. The van der Waals surface area contributed by atoms with Crippen molar-refractivity contribution in [3.8, 4) is 0 Å². The second-order valence-corrected chi connectivity index (χ2v) is 11.2. The zero-order valence-electron chi connectivity index (χ0n) is 22.8. The molecule has 0 aromatic heterocycles. The number of anilines is 1. The van der Waals surface area contributed by atoms with E-state index in [2.05, 4.69) is 5.32 Å². The lowest BCUT2D eigenvalue weighted by Crippen LogP contribution is -2.53. The number of nitrogens with one attached hydrogen (secondary N) is 1. The van der Waals surface area contributed by atoms with Gasteiger partial charge in [-0.05, 0) is 43.5 Å². The third-order valence-corrected chi connectivity index (χ3v) is 8.31. The fourth-order valence-electron chi connectivity index (χ4n) is 4.15. The molecule has 0 aliphatic heterocycles. The largest absolute Gasteiger partial charge is 0.352 e. The van der Waals surface area contributed by atoms with Gasteiger partial charge < -0.3 is 10.2 Å². The van der Waals surface area contributed by atoms with Crippen LogP contribution in [0.3, 0.4) is 0 Å². The highest BCUT2D eigenvalue weighted by molar-refractivity contribution is 7.92. The minimum atomic E-state index is -4.31. The molecule has 212 valence electrons. The quantitative estimate of drug-likeness (QED) is 0.239. The summed E-state index contributed by atoms with van der Waals surface area (Å²) in [5.41, 5.74) is 0.403. The van der Waals surface area contributed by atoms with E-state index in [1.807, 2.05) is 44.2 Å². The first-order valence-electron chi connectivity index (χ1n) is 13.0. The fourth-order valence-corrected chi connectivity index (χ4v) is 5.58. The van der Waals surface area contributed by atoms with E-state index >= 15 is 0 Å². The number of amides is 2. The van der Waals surface area contributed by atoms with Crippen molar-refractivity contribution in [2.75, 3.05) is 10.8 Å². The maximum Gasteiger partial charge on any atom is 0.271 e. The summed E-state index contributed by atoms with van der Waals surface area (Å²) in [6.07, 6.45) is 0.994. The highest BCUT2D eigenvalue weighted by atomic mass is 32.2. The Morgan fingerprint density at radius 1 is 0.925 bits per heavy atom. The van der Waals surface area contributed by atoms with Crippen LogP contribution in [0, 0.1) is 10.1 Å². The van der Waals surface area contributed by atoms with Gasteiger partial charge >= 0.3 is 0 Å². The average Bonchev–Trinajstić information content (AvgIpc) is 2.96. The van der Waals surface area contributed by atoms with E-state index in [9.17, 15) is 28.1 Å². The predicted octanol–water partition coefficient (Wildman–Crippen LogP) is 4.51. The Morgan fingerprint density at radius 3 is 2.12 bits per heavy atom. The number of carbonyl (C=O) groups excluding carboxylic acids is 2. The highest BCUT2D eigenvalue weighted by Crippen LogP contribution is 2.27. The second-order valence-electron chi connectivity index (χ2n) is 9.35. The van der Waals surface area contributed by atoms with Crippen molar-refractivity contribution in [1.82, 2.24) is 10.2 Å². The van der Waals surface area contributed by atoms with Crippen LogP contribution in [0.5, 0.6) is 0 Å². The molecule has 0 saturated heterocycles. The van der Waals surface area contributed by atoms with Gasteiger partial charge in [-0.15, -0.1) is 0 Å². The SMILES string of the molecule is CC[C@@H](C)NC(=O)[C@H](CC)N(Cc1ccccc1)C(=O)CN(c1cccc([N+](=O)[O-])c1)S(=O)(=O)c1ccccc1. The molecule has 2 atom stereocenters. The van der Waals surface area contributed by atoms with Crippen LogP contribution in [-0.4, -0.2) is 48.7 Å². The van der Waals surface area contributed by atoms with Crippen LogP contribution in [0.2, 0.25) is 0 Å². The molecule has 0 radical (unpaired) electrons. The third kappa shape index (κ3) is 7.44. The molecule has 10 nitrogen and oxygen atoms in total. The number of nitrogens with zero attached hydrogens (tertiary/aromatic N) is 3. The normalized spacial score (nSPS) is 12.7. The zero-order chi connectivity index (χ0) is 29.3. The average molecular weight is 567 g/mol. The molecule has 0 heterocycles. The summed E-state index contributed by atoms with van der Waals surface area (Å²) < 4.78 is 28.4. The molecule has 40 heavy (non-hydrogen) atoms. The van der Waals surface area contributed by atoms with Crippen molar-refractivity contribution in [2.24, 2.45) is 0 Å². The Hall–Kier alpha value is -4.25. The van der Waals surface area contributed by atoms with Crippen molar-refractivity contribution >= 4 is 33.2 Å². The van der Waals surface area contributed by atoms with Crippen LogP contribution in [0.15, 0.2) is 89.8 Å². The Balaban J connectivity index is 2.08. The smallest absolute Gasteiger partial charge is 0.271 e. The number of carbonyl (C=O) groups is 2. The molecule has 0 saturated carbocycles. The van der Waals surface area contributed by atoms with E-state index in [1.165, 1.54) is 35.2 Å². The minimum absolute atomic E-state index is 0.0387. The number of hydrogen-bond acceptors (Lipinski definition) is 6. The van der Waals surface area contributed by atoms with Crippen molar-refractivity contribution in [3.05, 3.63) is 101 Å². The number of nitro benzene ring substituents is 1. The van der Waals surface area contributed by atoms with Crippen LogP contribution in [0.4, 0.5) is 11.4 Å². The molecule has 3 rings (SSSR count). The molecule has 0 fully saturated rings. The van der Waals surface area contributed by atoms with Gasteiger partial charge in [-0.2, -0.15) is 0 Å². The number of hydrogen-bond donors (Lipinski definition) is 1. The lowest BCUT2D eigenvalue weighted by molar-refractivity contribution is -0.384. The number of sulfonamides is 1. The molecule has 1 N–H and O–H groups in total. The molecule has 0 bridgehead atoms. The third-order valence-electron chi connectivity index (χ3n) is 6.52. The molecule has 11 heteroatoms. The van der Waals surface area contributed by atoms with Gasteiger partial charge in [0, 0.05) is 24.7 Å². The van der Waals surface area contributed by atoms with Gasteiger partial charge in [0.15, 0.2) is 0 Å². The predicted molar refractivity (Wildman–Crippen MR) is 153 cm³/mol. The maximum atomic E-state index is 14.0. The first-order valence-corrected chi connectivity index (χ1v) is 14.5. The van der Waals surface area contributed by atoms with Gasteiger partial charge in [0.05, 0.1) is 15.5 Å². The lowest BCUT2D eigenvalue weighted by Gasteiger charge is -2.33. The van der Waals surface area contributed by atoms with Gasteiger partial charge in [0.2, 0.25) is 11.8 Å². The van der Waals surface area contributed by atoms with E-state index in [-0.39, 0.29) is 34.8 Å². The molecule has 3 aromatic rings. The topological polar surface area (TPSA) is 130 Å². The molecule has 3 aromatic carbocycles. The zero-order valence-corrected chi connectivity index (χ0v) is 23.6. The molecular weight excluding hydrogens is 532 g/mol. The number of rotatable bonds is 13. The first kappa shape index (κ1) is 30.3. The molecule has 0 unspecified atom stereocenters. The van der Waals surface area contributed by atoms with Gasteiger partial charge in [0.25, 0.3) is 15.7 Å². The molecule has 0 aliphatic carbocycles. The molecule has 0 aliphatic rings. The van der Waals surface area contributed by atoms with Gasteiger partial charge in [-0.25, -0.2) is 8.42 Å². The summed E-state index contributed by atoms with van der Waals surface area (Å²) in [6, 6.07) is 20.8. The van der Waals surface area contributed by atoms with Crippen molar-refractivity contribution in [2.45, 2.75) is 57.1 Å². The Morgan fingerprint density at radius 2 is 1.55 bits per heavy atom. The Bertz CT molecular complexity index is 1420. The van der Waals surface area contributed by atoms with E-state index in [0.29, 0.717) is 12.8 Å². The number of non-ortho nitro benzene ring substituents is 1. The summed E-state index contributed by atoms with van der Waals surface area (Å²) in [6.45, 7) is 4.98. The van der Waals surface area contributed by atoms with Crippen LogP contribution in [-0.2, 0) is 26.2 Å². The molecule has 2 amide bonds. The highest BCUT2D eigenvalue weighted by Gasteiger charge is 2.34. The number of benzene rings is 3. The summed E-state index contributed by atoms with van der Waals surface area (Å²) in [5.74, 6) is -0.963. The molecule has 0 spiro atoms. The summed E-state index contributed by atoms with van der Waals surface area (Å²) in [7, 11) is -4.31. The Kier molecular flexibility index (Phi) is 10.4. The van der Waals surface area contributed by atoms with Crippen molar-refractivity contribution < 1.29 is 22.9 Å². The van der Waals surface area contributed by atoms with Crippen LogP contribution in [0.1, 0.15) is 39.2 Å². The monoisotopic (exact) mass is 566 g/mol. The van der Waals surface area contributed by atoms with Gasteiger partial charge in [0.1, 0.15) is 12.6 Å². The van der Waals surface area contributed by atoms with Crippen LogP contribution < -0.4 is 9.62 Å². The minimum Gasteiger partial charge on any atom is -0.352 e. The van der Waals surface area contributed by atoms with Crippen LogP contribution >= 0.6 is 0 Å². The first-order chi connectivity index (χ1) is 19.1. The van der Waals surface area contributed by atoms with E-state index in [0.717, 1.165) is 15.9 Å². The summed E-state index contributed by atoms with van der Waals surface area (Å²) in [4.78, 5) is 39.4. The van der Waals surface area contributed by atoms with Crippen molar-refractivity contribution in [1.29, 1.82) is 0 Å². The van der Waals surface area contributed by atoms with E-state index in [4.69, 9.17) is 0 Å². The van der Waals surface area contributed by atoms with E-state index in [1.54, 1.807) is 25.1 Å². The summed E-state index contributed by atoms with van der Waals surface area (Å²) in [5, 5.41) is 14.4. The van der Waals surface area contributed by atoms with Gasteiger partial charge in [-0.1, -0.05) is 68.4 Å². The standard InChI is InChI=1S/C29H34N4O6S/c1-4-22(3)30-29(35)27(5-2)31(20-23-13-8-6-9-14-23)28(34)21-32(24-15-12-16-25(19-24)33(36)37)40(38,39)26-17-10-7-11-18-26/h6-19,22,27H,4-5,20-21H2,1-3H3,(H,30,35)/t22-,27+/m1/s1. The molecular formula is C29H34N4O6S. The summed E-state index contributed by atoms with van der Waals surface area (Å²) >= 11 is 0. The fraction of sp³-hybridized carbons (Fsp3) is 0.310. The second kappa shape index (κ2) is 13.7.